The van der Waals surface area contributed by atoms with Crippen molar-refractivity contribution in [3.05, 3.63) is 130 Å². The molecule has 6 heteroatoms. The zero-order valence-corrected chi connectivity index (χ0v) is 29.0. The van der Waals surface area contributed by atoms with E-state index in [1.165, 1.54) is 44.6 Å². The molecular formula is C30H20Br2Se4. The molecule has 0 amide bonds. The molecule has 0 radical (unpaired) electrons. The minimum absolute atomic E-state index is 0.203. The Hall–Kier alpha value is -0.862. The summed E-state index contributed by atoms with van der Waals surface area (Å²) in [5.74, 6) is 0. The molecule has 0 atom stereocenters. The fraction of sp³-hybridized carbons (Fsp3) is 0. The summed E-state index contributed by atoms with van der Waals surface area (Å²) in [5, 5.41) is 0. The molecule has 5 rings (SSSR count). The minimum atomic E-state index is 0.203. The Bertz CT molecular complexity index is 1210. The third-order valence-electron chi connectivity index (χ3n) is 5.06. The summed E-state index contributed by atoms with van der Waals surface area (Å²) in [6.07, 6.45) is 0. The first-order valence-corrected chi connectivity index (χ1v) is 19.6. The molecule has 5 aromatic carbocycles. The first-order valence-electron chi connectivity index (χ1n) is 11.2. The van der Waals surface area contributed by atoms with Gasteiger partial charge in [-0.15, -0.1) is 0 Å². The monoisotopic (exact) mass is 858 g/mol. The molecule has 0 aliphatic rings. The van der Waals surface area contributed by atoms with Crippen molar-refractivity contribution in [2.75, 3.05) is 0 Å². The Morgan fingerprint density at radius 3 is 0.694 bits per heavy atom. The van der Waals surface area contributed by atoms with Gasteiger partial charge in [-0.3, -0.25) is 0 Å². The molecule has 0 spiro atoms. The van der Waals surface area contributed by atoms with Gasteiger partial charge < -0.3 is 0 Å². The van der Waals surface area contributed by atoms with Crippen LogP contribution in [0.1, 0.15) is 0 Å². The molecular weight excluding hydrogens is 836 g/mol. The summed E-state index contributed by atoms with van der Waals surface area (Å²) in [4.78, 5) is 0. The molecule has 178 valence electrons. The van der Waals surface area contributed by atoms with Gasteiger partial charge in [-0.2, -0.15) is 0 Å². The van der Waals surface area contributed by atoms with Crippen LogP contribution in [0, 0.1) is 0 Å². The van der Waals surface area contributed by atoms with Gasteiger partial charge in [-0.25, -0.2) is 0 Å². The van der Waals surface area contributed by atoms with Crippen LogP contribution in [0.5, 0.6) is 0 Å². The van der Waals surface area contributed by atoms with Gasteiger partial charge in [0.25, 0.3) is 0 Å². The van der Waals surface area contributed by atoms with E-state index in [0.29, 0.717) is 0 Å². The molecule has 0 unspecified atom stereocenters. The van der Waals surface area contributed by atoms with Crippen molar-refractivity contribution in [1.29, 1.82) is 0 Å². The second kappa shape index (κ2) is 13.3. The van der Waals surface area contributed by atoms with Crippen LogP contribution in [-0.4, -0.2) is 59.8 Å². The molecule has 5 aromatic rings. The van der Waals surface area contributed by atoms with E-state index in [1.54, 1.807) is 0 Å². The van der Waals surface area contributed by atoms with Crippen molar-refractivity contribution < 1.29 is 0 Å². The maximum absolute atomic E-state index is 4.19. The third kappa shape index (κ3) is 6.76. The van der Waals surface area contributed by atoms with Crippen LogP contribution < -0.4 is 35.7 Å². The van der Waals surface area contributed by atoms with E-state index in [4.69, 9.17) is 0 Å². The van der Waals surface area contributed by atoms with Gasteiger partial charge in [0, 0.05) is 0 Å². The molecule has 0 heterocycles. The summed E-state index contributed by atoms with van der Waals surface area (Å²) in [6, 6.07) is 43.8. The molecule has 0 aromatic heterocycles. The zero-order chi connectivity index (χ0) is 24.7. The van der Waals surface area contributed by atoms with Crippen LogP contribution in [-0.2, 0) is 0 Å². The second-order valence-electron chi connectivity index (χ2n) is 7.60. The van der Waals surface area contributed by atoms with Gasteiger partial charge in [0.2, 0.25) is 0 Å². The van der Waals surface area contributed by atoms with Crippen LogP contribution in [0.2, 0.25) is 0 Å². The third-order valence-corrected chi connectivity index (χ3v) is 19.7. The van der Waals surface area contributed by atoms with E-state index >= 15 is 0 Å². The van der Waals surface area contributed by atoms with E-state index in [2.05, 4.69) is 153 Å². The summed E-state index contributed by atoms with van der Waals surface area (Å²) < 4.78 is 14.2. The second-order valence-corrected chi connectivity index (χ2v) is 18.3. The topological polar surface area (TPSA) is 0 Å². The molecule has 0 nitrogen and oxygen atoms in total. The summed E-state index contributed by atoms with van der Waals surface area (Å²) in [6.45, 7) is 0. The van der Waals surface area contributed by atoms with Gasteiger partial charge in [-0.1, -0.05) is 0 Å². The predicted molar refractivity (Wildman–Crippen MR) is 168 cm³/mol. The summed E-state index contributed by atoms with van der Waals surface area (Å²) in [7, 11) is 0. The van der Waals surface area contributed by atoms with Crippen molar-refractivity contribution in [1.82, 2.24) is 0 Å². The van der Waals surface area contributed by atoms with Gasteiger partial charge in [0.05, 0.1) is 0 Å². The van der Waals surface area contributed by atoms with Crippen LogP contribution in [0.25, 0.3) is 0 Å². The average Bonchev–Trinajstić information content (AvgIpc) is 2.93. The molecule has 0 saturated carbocycles. The Balaban J connectivity index is 1.70. The first-order chi connectivity index (χ1) is 17.7. The zero-order valence-electron chi connectivity index (χ0n) is 18.9. The van der Waals surface area contributed by atoms with Gasteiger partial charge >= 0.3 is 258 Å². The van der Waals surface area contributed by atoms with E-state index in [-0.39, 0.29) is 59.8 Å². The number of benzene rings is 5. The van der Waals surface area contributed by atoms with Crippen LogP contribution in [0.3, 0.4) is 0 Å². The number of rotatable bonds is 8. The van der Waals surface area contributed by atoms with Crippen LogP contribution in [0.15, 0.2) is 130 Å². The summed E-state index contributed by atoms with van der Waals surface area (Å²) >= 11 is 9.19. The Kier molecular flexibility index (Phi) is 9.86. The van der Waals surface area contributed by atoms with Gasteiger partial charge in [0.15, 0.2) is 0 Å². The summed E-state index contributed by atoms with van der Waals surface area (Å²) in [5.41, 5.74) is 0. The fourth-order valence-corrected chi connectivity index (χ4v) is 17.2. The molecule has 0 saturated heterocycles. The average molecular weight is 856 g/mol. The van der Waals surface area contributed by atoms with E-state index in [0.717, 1.165) is 0 Å². The number of halogens is 2. The first kappa shape index (κ1) is 26.7. The predicted octanol–water partition coefficient (Wildman–Crippen LogP) is 1.83. The molecule has 0 bridgehead atoms. The van der Waals surface area contributed by atoms with Gasteiger partial charge in [0.1, 0.15) is 0 Å². The standard InChI is InChI=1S/C30H20Br2Se4/c31-25-27(33-21-13-5-1-6-14-21)28(34-22-15-7-2-8-16-22)26(32)30(36-24-19-11-4-12-20-24)29(25)35-23-17-9-3-10-18-23/h1-20H. The van der Waals surface area contributed by atoms with Crippen molar-refractivity contribution in [3.63, 3.8) is 0 Å². The fourth-order valence-electron chi connectivity index (χ4n) is 3.40. The van der Waals surface area contributed by atoms with Crippen molar-refractivity contribution >= 4 is 127 Å². The van der Waals surface area contributed by atoms with Crippen molar-refractivity contribution in [3.8, 4) is 0 Å². The Morgan fingerprint density at radius 2 is 0.500 bits per heavy atom. The maximum atomic E-state index is 4.19. The van der Waals surface area contributed by atoms with E-state index in [9.17, 15) is 0 Å². The molecule has 0 N–H and O–H groups in total. The van der Waals surface area contributed by atoms with Crippen molar-refractivity contribution in [2.45, 2.75) is 0 Å². The molecule has 0 fully saturated rings. The number of hydrogen-bond acceptors (Lipinski definition) is 0. The van der Waals surface area contributed by atoms with Crippen molar-refractivity contribution in [2.24, 2.45) is 0 Å². The quantitative estimate of drug-likeness (QED) is 0.210. The molecule has 36 heavy (non-hydrogen) atoms. The molecule has 0 aliphatic heterocycles. The van der Waals surface area contributed by atoms with Crippen LogP contribution in [0.4, 0.5) is 0 Å². The Morgan fingerprint density at radius 1 is 0.306 bits per heavy atom. The Labute approximate surface area is 255 Å². The molecule has 0 aliphatic carbocycles. The normalized spacial score (nSPS) is 10.9. The van der Waals surface area contributed by atoms with Crippen LogP contribution >= 0.6 is 31.9 Å². The van der Waals surface area contributed by atoms with Gasteiger partial charge in [-0.05, 0) is 0 Å². The van der Waals surface area contributed by atoms with E-state index in [1.807, 2.05) is 0 Å². The number of hydrogen-bond donors (Lipinski definition) is 0. The SMILES string of the molecule is Brc1c([Se]c2ccccc2)c([Se]c2ccccc2)c(Br)c([Se]c2ccccc2)c1[Se]c1ccccc1. The van der Waals surface area contributed by atoms with E-state index < -0.39 is 0 Å².